The van der Waals surface area contributed by atoms with Crippen LogP contribution in [0.5, 0.6) is 0 Å². The smallest absolute Gasteiger partial charge is 0.220 e. The van der Waals surface area contributed by atoms with Gasteiger partial charge in [0, 0.05) is 36.7 Å². The minimum absolute atomic E-state index is 0.0700. The lowest BCUT2D eigenvalue weighted by Crippen LogP contribution is -2.35. The molecule has 0 saturated heterocycles. The molecule has 4 heteroatoms. The maximum atomic E-state index is 11.7. The van der Waals surface area contributed by atoms with Crippen LogP contribution < -0.4 is 5.32 Å². The normalized spacial score (nSPS) is 12.5. The van der Waals surface area contributed by atoms with Gasteiger partial charge in [0.1, 0.15) is 0 Å². The zero-order valence-electron chi connectivity index (χ0n) is 12.1. The molecule has 0 fully saturated rings. The average Bonchev–Trinajstić information content (AvgIpc) is 2.82. The molecule has 0 aliphatic heterocycles. The van der Waals surface area contributed by atoms with E-state index in [1.54, 1.807) is 7.11 Å². The van der Waals surface area contributed by atoms with Crippen molar-refractivity contribution in [3.63, 3.8) is 0 Å². The van der Waals surface area contributed by atoms with Crippen molar-refractivity contribution in [2.75, 3.05) is 13.7 Å². The molecular formula is C16H22N2O2. The first-order valence-electron chi connectivity index (χ1n) is 7.04. The van der Waals surface area contributed by atoms with Gasteiger partial charge in [-0.15, -0.1) is 0 Å². The van der Waals surface area contributed by atoms with Crippen LogP contribution in [0.1, 0.15) is 25.3 Å². The molecule has 4 nitrogen and oxygen atoms in total. The molecule has 2 aromatic rings. The van der Waals surface area contributed by atoms with Gasteiger partial charge < -0.3 is 15.0 Å². The van der Waals surface area contributed by atoms with E-state index in [0.717, 1.165) is 18.4 Å². The Balaban J connectivity index is 1.80. The van der Waals surface area contributed by atoms with Gasteiger partial charge in [0.25, 0.3) is 0 Å². The fourth-order valence-corrected chi connectivity index (χ4v) is 2.42. The van der Waals surface area contributed by atoms with E-state index in [1.807, 2.05) is 25.3 Å². The number of aryl methyl sites for hydroxylation is 1. The number of para-hydroxylation sites is 1. The summed E-state index contributed by atoms with van der Waals surface area (Å²) >= 11 is 0. The van der Waals surface area contributed by atoms with Gasteiger partial charge in [-0.3, -0.25) is 4.79 Å². The van der Waals surface area contributed by atoms with E-state index in [9.17, 15) is 4.79 Å². The van der Waals surface area contributed by atoms with Crippen LogP contribution in [0.15, 0.2) is 30.5 Å². The molecule has 1 heterocycles. The van der Waals surface area contributed by atoms with Crippen molar-refractivity contribution in [2.24, 2.45) is 0 Å². The highest BCUT2D eigenvalue weighted by atomic mass is 16.5. The van der Waals surface area contributed by atoms with Crippen molar-refractivity contribution in [3.05, 3.63) is 36.0 Å². The summed E-state index contributed by atoms with van der Waals surface area (Å²) in [4.78, 5) is 15.0. The van der Waals surface area contributed by atoms with Gasteiger partial charge in [-0.1, -0.05) is 18.2 Å². The number of aromatic amines is 1. The van der Waals surface area contributed by atoms with E-state index < -0.39 is 0 Å². The predicted octanol–water partition coefficient (Wildman–Crippen LogP) is 2.64. The highest BCUT2D eigenvalue weighted by molar-refractivity contribution is 5.83. The van der Waals surface area contributed by atoms with E-state index >= 15 is 0 Å². The number of hydrogen-bond donors (Lipinski definition) is 2. The fraction of sp³-hybridized carbons (Fsp3) is 0.438. The number of benzene rings is 1. The molecule has 1 unspecified atom stereocenters. The van der Waals surface area contributed by atoms with Crippen molar-refractivity contribution in [3.8, 4) is 0 Å². The Morgan fingerprint density at radius 3 is 3.00 bits per heavy atom. The van der Waals surface area contributed by atoms with Crippen LogP contribution in [0.2, 0.25) is 0 Å². The third-order valence-corrected chi connectivity index (χ3v) is 3.35. The number of ether oxygens (including phenoxy) is 1. The number of H-pyrrole nitrogens is 1. The minimum atomic E-state index is 0.0700. The molecule has 2 rings (SSSR count). The monoisotopic (exact) mass is 274 g/mol. The molecule has 0 radical (unpaired) electrons. The SMILES string of the molecule is COCC(C)NC(=O)CCCc1c[nH]c2ccccc12. The quantitative estimate of drug-likeness (QED) is 0.815. The van der Waals surface area contributed by atoms with E-state index in [0.29, 0.717) is 13.0 Å². The van der Waals surface area contributed by atoms with Gasteiger partial charge in [0.15, 0.2) is 0 Å². The molecule has 1 amide bonds. The predicted molar refractivity (Wildman–Crippen MR) is 80.7 cm³/mol. The highest BCUT2D eigenvalue weighted by Crippen LogP contribution is 2.19. The van der Waals surface area contributed by atoms with E-state index in [1.165, 1.54) is 10.9 Å². The number of amides is 1. The summed E-state index contributed by atoms with van der Waals surface area (Å²) in [5.41, 5.74) is 2.43. The van der Waals surface area contributed by atoms with Crippen molar-refractivity contribution in [1.82, 2.24) is 10.3 Å². The Hall–Kier alpha value is -1.81. The second kappa shape index (κ2) is 7.10. The summed E-state index contributed by atoms with van der Waals surface area (Å²) in [6.45, 7) is 2.50. The molecular weight excluding hydrogens is 252 g/mol. The van der Waals surface area contributed by atoms with E-state index in [2.05, 4.69) is 22.4 Å². The summed E-state index contributed by atoms with van der Waals surface area (Å²) in [7, 11) is 1.64. The Morgan fingerprint density at radius 1 is 1.40 bits per heavy atom. The third kappa shape index (κ3) is 3.84. The molecule has 0 aliphatic carbocycles. The maximum Gasteiger partial charge on any atom is 0.220 e. The van der Waals surface area contributed by atoms with Crippen LogP contribution in [0.4, 0.5) is 0 Å². The van der Waals surface area contributed by atoms with Gasteiger partial charge in [-0.05, 0) is 31.4 Å². The molecule has 108 valence electrons. The number of carbonyl (C=O) groups is 1. The third-order valence-electron chi connectivity index (χ3n) is 3.35. The zero-order valence-corrected chi connectivity index (χ0v) is 12.1. The summed E-state index contributed by atoms with van der Waals surface area (Å²) in [5, 5.41) is 4.18. The van der Waals surface area contributed by atoms with E-state index in [-0.39, 0.29) is 11.9 Å². The summed E-state index contributed by atoms with van der Waals surface area (Å²) < 4.78 is 5.00. The summed E-state index contributed by atoms with van der Waals surface area (Å²) in [6, 6.07) is 8.31. The van der Waals surface area contributed by atoms with Crippen LogP contribution in [-0.4, -0.2) is 30.6 Å². The first-order valence-corrected chi connectivity index (χ1v) is 7.04. The first kappa shape index (κ1) is 14.6. The largest absolute Gasteiger partial charge is 0.383 e. The van der Waals surface area contributed by atoms with Gasteiger partial charge in [0.2, 0.25) is 5.91 Å². The second-order valence-electron chi connectivity index (χ2n) is 5.14. The number of aromatic nitrogens is 1. The van der Waals surface area contributed by atoms with Crippen LogP contribution in [0, 0.1) is 0 Å². The Morgan fingerprint density at radius 2 is 2.20 bits per heavy atom. The van der Waals surface area contributed by atoms with Gasteiger partial charge >= 0.3 is 0 Å². The molecule has 20 heavy (non-hydrogen) atoms. The van der Waals surface area contributed by atoms with Gasteiger partial charge in [-0.2, -0.15) is 0 Å². The Bertz CT molecular complexity index is 562. The molecule has 1 atom stereocenters. The highest BCUT2D eigenvalue weighted by Gasteiger charge is 2.08. The number of hydrogen-bond acceptors (Lipinski definition) is 2. The standard InChI is InChI=1S/C16H22N2O2/c1-12(11-20-2)18-16(19)9-5-6-13-10-17-15-8-4-3-7-14(13)15/h3-4,7-8,10,12,17H,5-6,9,11H2,1-2H3,(H,18,19). The fourth-order valence-electron chi connectivity index (χ4n) is 2.42. The molecule has 0 spiro atoms. The summed E-state index contributed by atoms with van der Waals surface area (Å²) in [6.07, 6.45) is 4.35. The number of rotatable bonds is 7. The zero-order chi connectivity index (χ0) is 14.4. The average molecular weight is 274 g/mol. The van der Waals surface area contributed by atoms with Crippen LogP contribution in [0.3, 0.4) is 0 Å². The van der Waals surface area contributed by atoms with Crippen molar-refractivity contribution < 1.29 is 9.53 Å². The number of carbonyl (C=O) groups excluding carboxylic acids is 1. The molecule has 1 aromatic carbocycles. The van der Waals surface area contributed by atoms with Crippen molar-refractivity contribution >= 4 is 16.8 Å². The lowest BCUT2D eigenvalue weighted by molar-refractivity contribution is -0.122. The molecule has 1 aromatic heterocycles. The molecule has 2 N–H and O–H groups in total. The molecule has 0 aliphatic rings. The van der Waals surface area contributed by atoms with Crippen molar-refractivity contribution in [2.45, 2.75) is 32.2 Å². The van der Waals surface area contributed by atoms with E-state index in [4.69, 9.17) is 4.74 Å². The number of methoxy groups -OCH3 is 1. The van der Waals surface area contributed by atoms with Crippen LogP contribution in [0.25, 0.3) is 10.9 Å². The lowest BCUT2D eigenvalue weighted by Gasteiger charge is -2.12. The summed E-state index contributed by atoms with van der Waals surface area (Å²) in [5.74, 6) is 0.0920. The Kier molecular flexibility index (Phi) is 5.18. The second-order valence-corrected chi connectivity index (χ2v) is 5.14. The number of fused-ring (bicyclic) bond motifs is 1. The van der Waals surface area contributed by atoms with Crippen LogP contribution in [-0.2, 0) is 16.0 Å². The van der Waals surface area contributed by atoms with Crippen LogP contribution >= 0.6 is 0 Å². The van der Waals surface area contributed by atoms with Gasteiger partial charge in [-0.25, -0.2) is 0 Å². The van der Waals surface area contributed by atoms with Crippen molar-refractivity contribution in [1.29, 1.82) is 0 Å². The molecule has 0 bridgehead atoms. The maximum absolute atomic E-state index is 11.7. The van der Waals surface area contributed by atoms with Gasteiger partial charge in [0.05, 0.1) is 6.61 Å². The topological polar surface area (TPSA) is 54.1 Å². The lowest BCUT2D eigenvalue weighted by atomic mass is 10.1. The first-order chi connectivity index (χ1) is 9.70. The Labute approximate surface area is 119 Å². The minimum Gasteiger partial charge on any atom is -0.383 e. The number of nitrogens with one attached hydrogen (secondary N) is 2. The molecule has 0 saturated carbocycles.